The van der Waals surface area contributed by atoms with Crippen LogP contribution in [-0.4, -0.2) is 45.9 Å². The molecule has 34 heavy (non-hydrogen) atoms. The average Bonchev–Trinajstić information content (AvgIpc) is 2.84. The first-order chi connectivity index (χ1) is 16.3. The van der Waals surface area contributed by atoms with Gasteiger partial charge in [-0.2, -0.15) is 0 Å². The Bertz CT molecular complexity index is 1220. The average molecular weight is 481 g/mol. The van der Waals surface area contributed by atoms with Crippen LogP contribution in [0.25, 0.3) is 0 Å². The van der Waals surface area contributed by atoms with Crippen LogP contribution >= 0.6 is 0 Å². The molecule has 0 unspecified atom stereocenters. The third-order valence-corrected chi connectivity index (χ3v) is 6.92. The molecule has 0 aliphatic heterocycles. The van der Waals surface area contributed by atoms with Crippen molar-refractivity contribution in [3.8, 4) is 0 Å². The highest BCUT2D eigenvalue weighted by Gasteiger charge is 2.21. The van der Waals surface area contributed by atoms with Crippen LogP contribution in [0.1, 0.15) is 12.0 Å². The van der Waals surface area contributed by atoms with E-state index < -0.39 is 10.0 Å². The molecule has 0 saturated heterocycles. The first-order valence-corrected chi connectivity index (χ1v) is 12.2. The molecule has 0 aromatic heterocycles. The van der Waals surface area contributed by atoms with Crippen LogP contribution in [-0.2, 0) is 21.4 Å². The molecule has 3 aromatic carbocycles. The second kappa shape index (κ2) is 11.3. The summed E-state index contributed by atoms with van der Waals surface area (Å²) in [5, 5.41) is 5.40. The normalized spacial score (nSPS) is 10.9. The highest BCUT2D eigenvalue weighted by atomic mass is 32.2. The van der Waals surface area contributed by atoms with E-state index in [9.17, 15) is 18.0 Å². The van der Waals surface area contributed by atoms with Crippen LogP contribution in [0.3, 0.4) is 0 Å². The monoisotopic (exact) mass is 480 g/mol. The van der Waals surface area contributed by atoms with Crippen LogP contribution in [0.4, 0.5) is 16.2 Å². The van der Waals surface area contributed by atoms with Crippen molar-refractivity contribution in [2.75, 3.05) is 30.3 Å². The first kappa shape index (κ1) is 24.8. The van der Waals surface area contributed by atoms with Crippen molar-refractivity contribution >= 4 is 33.3 Å². The Labute approximate surface area is 200 Å². The van der Waals surface area contributed by atoms with Crippen LogP contribution in [0.2, 0.25) is 0 Å². The standard InChI is InChI=1S/C25H28N4O4S/c1-28(19-20-10-5-3-6-11-20)25(31)26-17-16-24(30)27-21-12-9-15-23(18-21)34(32,33)29(2)22-13-7-4-8-14-22/h3-15,18H,16-17,19H2,1-2H3,(H,26,31)(H,27,30). The molecule has 0 saturated carbocycles. The maximum Gasteiger partial charge on any atom is 0.317 e. The van der Waals surface area contributed by atoms with E-state index >= 15 is 0 Å². The van der Waals surface area contributed by atoms with Gasteiger partial charge in [-0.3, -0.25) is 9.10 Å². The number of benzene rings is 3. The molecular weight excluding hydrogens is 452 g/mol. The number of urea groups is 1. The summed E-state index contributed by atoms with van der Waals surface area (Å²) in [6.45, 7) is 0.607. The SMILES string of the molecule is CN(Cc1ccccc1)C(=O)NCCC(=O)Nc1cccc(S(=O)(=O)N(C)c2ccccc2)c1. The van der Waals surface area contributed by atoms with E-state index in [2.05, 4.69) is 10.6 Å². The molecule has 178 valence electrons. The zero-order valence-corrected chi connectivity index (χ0v) is 20.0. The van der Waals surface area contributed by atoms with Gasteiger partial charge in [0.05, 0.1) is 10.6 Å². The van der Waals surface area contributed by atoms with Gasteiger partial charge in [0.1, 0.15) is 0 Å². The van der Waals surface area contributed by atoms with E-state index in [1.165, 1.54) is 28.4 Å². The summed E-state index contributed by atoms with van der Waals surface area (Å²) in [4.78, 5) is 26.2. The molecule has 0 heterocycles. The molecule has 0 bridgehead atoms. The van der Waals surface area contributed by atoms with Crippen LogP contribution in [0, 0.1) is 0 Å². The molecular formula is C25H28N4O4S. The van der Waals surface area contributed by atoms with Gasteiger partial charge < -0.3 is 15.5 Å². The Kier molecular flexibility index (Phi) is 8.26. The third kappa shape index (κ3) is 6.58. The summed E-state index contributed by atoms with van der Waals surface area (Å²) in [6, 6.07) is 24.1. The summed E-state index contributed by atoms with van der Waals surface area (Å²) in [5.74, 6) is -0.336. The van der Waals surface area contributed by atoms with Crippen molar-refractivity contribution in [1.82, 2.24) is 10.2 Å². The topological polar surface area (TPSA) is 98.8 Å². The Morgan fingerprint density at radius 1 is 0.853 bits per heavy atom. The lowest BCUT2D eigenvalue weighted by atomic mass is 10.2. The molecule has 0 radical (unpaired) electrons. The lowest BCUT2D eigenvalue weighted by Crippen LogP contribution is -2.38. The number of carbonyl (C=O) groups excluding carboxylic acids is 2. The van der Waals surface area contributed by atoms with Gasteiger partial charge >= 0.3 is 6.03 Å². The van der Waals surface area contributed by atoms with Gasteiger partial charge in [0.15, 0.2) is 0 Å². The minimum atomic E-state index is -3.79. The lowest BCUT2D eigenvalue weighted by molar-refractivity contribution is -0.116. The van der Waals surface area contributed by atoms with Gasteiger partial charge in [0, 0.05) is 39.3 Å². The highest BCUT2D eigenvalue weighted by molar-refractivity contribution is 7.92. The predicted molar refractivity (Wildman–Crippen MR) is 133 cm³/mol. The van der Waals surface area contributed by atoms with E-state index in [4.69, 9.17) is 0 Å². The lowest BCUT2D eigenvalue weighted by Gasteiger charge is -2.20. The fourth-order valence-corrected chi connectivity index (χ4v) is 4.48. The number of amides is 3. The molecule has 0 aliphatic rings. The second-order valence-electron chi connectivity index (χ2n) is 7.71. The quantitative estimate of drug-likeness (QED) is 0.488. The fraction of sp³-hybridized carbons (Fsp3) is 0.200. The van der Waals surface area contributed by atoms with Crippen molar-refractivity contribution in [3.05, 3.63) is 90.5 Å². The van der Waals surface area contributed by atoms with Crippen LogP contribution < -0.4 is 14.9 Å². The van der Waals surface area contributed by atoms with Crippen molar-refractivity contribution in [2.45, 2.75) is 17.9 Å². The fourth-order valence-electron chi connectivity index (χ4n) is 3.24. The Morgan fingerprint density at radius 3 is 2.18 bits per heavy atom. The van der Waals surface area contributed by atoms with Gasteiger partial charge in [-0.15, -0.1) is 0 Å². The molecule has 2 N–H and O–H groups in total. The molecule has 0 aliphatic carbocycles. The maximum atomic E-state index is 13.0. The summed E-state index contributed by atoms with van der Waals surface area (Å²) >= 11 is 0. The van der Waals surface area contributed by atoms with Crippen molar-refractivity contribution < 1.29 is 18.0 Å². The zero-order valence-electron chi connectivity index (χ0n) is 19.1. The van der Waals surface area contributed by atoms with E-state index in [1.54, 1.807) is 43.4 Å². The number of rotatable bonds is 9. The molecule has 0 spiro atoms. The summed E-state index contributed by atoms with van der Waals surface area (Å²) in [5.41, 5.74) is 1.90. The number of carbonyl (C=O) groups is 2. The number of sulfonamides is 1. The molecule has 0 atom stereocenters. The van der Waals surface area contributed by atoms with Gasteiger partial charge in [0.2, 0.25) is 5.91 Å². The minimum Gasteiger partial charge on any atom is -0.337 e. The maximum absolute atomic E-state index is 13.0. The number of nitrogens with one attached hydrogen (secondary N) is 2. The van der Waals surface area contributed by atoms with Gasteiger partial charge in [-0.05, 0) is 35.9 Å². The predicted octanol–water partition coefficient (Wildman–Crippen LogP) is 3.68. The summed E-state index contributed by atoms with van der Waals surface area (Å²) in [7, 11) is -0.633. The second-order valence-corrected chi connectivity index (χ2v) is 9.68. The number of nitrogens with zero attached hydrogens (tertiary/aromatic N) is 2. The van der Waals surface area contributed by atoms with Gasteiger partial charge in [-0.25, -0.2) is 13.2 Å². The van der Waals surface area contributed by atoms with Crippen molar-refractivity contribution in [2.24, 2.45) is 0 Å². The summed E-state index contributed by atoms with van der Waals surface area (Å²) < 4.78 is 27.1. The van der Waals surface area contributed by atoms with Gasteiger partial charge in [-0.1, -0.05) is 54.6 Å². The van der Waals surface area contributed by atoms with Crippen molar-refractivity contribution in [1.29, 1.82) is 0 Å². The number of para-hydroxylation sites is 1. The number of hydrogen-bond acceptors (Lipinski definition) is 4. The number of hydrogen-bond donors (Lipinski definition) is 2. The molecule has 3 rings (SSSR count). The Balaban J connectivity index is 1.52. The molecule has 8 nitrogen and oxygen atoms in total. The van der Waals surface area contributed by atoms with Crippen LogP contribution in [0.15, 0.2) is 89.8 Å². The largest absolute Gasteiger partial charge is 0.337 e. The molecule has 3 aromatic rings. The third-order valence-electron chi connectivity index (χ3n) is 5.13. The summed E-state index contributed by atoms with van der Waals surface area (Å²) in [6.07, 6.45) is 0.0474. The van der Waals surface area contributed by atoms with E-state index in [0.29, 0.717) is 17.9 Å². The molecule has 0 fully saturated rings. The first-order valence-electron chi connectivity index (χ1n) is 10.7. The van der Waals surface area contributed by atoms with E-state index in [0.717, 1.165) is 5.56 Å². The smallest absolute Gasteiger partial charge is 0.317 e. The van der Waals surface area contributed by atoms with Gasteiger partial charge in [0.25, 0.3) is 10.0 Å². The van der Waals surface area contributed by atoms with E-state index in [1.807, 2.05) is 36.4 Å². The zero-order chi connectivity index (χ0) is 24.6. The van der Waals surface area contributed by atoms with Crippen molar-refractivity contribution in [3.63, 3.8) is 0 Å². The Hall–Kier alpha value is -3.85. The number of anilines is 2. The minimum absolute atomic E-state index is 0.0474. The highest BCUT2D eigenvalue weighted by Crippen LogP contribution is 2.23. The molecule has 3 amide bonds. The van der Waals surface area contributed by atoms with E-state index in [-0.39, 0.29) is 29.8 Å². The van der Waals surface area contributed by atoms with Crippen LogP contribution in [0.5, 0.6) is 0 Å². The molecule has 9 heteroatoms. The Morgan fingerprint density at radius 2 is 1.50 bits per heavy atom.